The summed E-state index contributed by atoms with van der Waals surface area (Å²) in [5.74, 6) is -0.961. The third-order valence-corrected chi connectivity index (χ3v) is 5.33. The Labute approximate surface area is 161 Å². The number of nitrogens with one attached hydrogen (secondary N) is 2. The van der Waals surface area contributed by atoms with Crippen LogP contribution in [0.15, 0.2) is 0 Å². The summed E-state index contributed by atoms with van der Waals surface area (Å²) < 4.78 is 0. The van der Waals surface area contributed by atoms with Crippen LogP contribution in [-0.4, -0.2) is 54.0 Å². The lowest BCUT2D eigenvalue weighted by Crippen LogP contribution is -2.57. The van der Waals surface area contributed by atoms with Crippen LogP contribution in [0, 0.1) is 11.8 Å². The van der Waals surface area contributed by atoms with Crippen LogP contribution in [0.5, 0.6) is 0 Å². The summed E-state index contributed by atoms with van der Waals surface area (Å²) in [5, 5.41) is 15.1. The molecule has 1 unspecified atom stereocenters. The van der Waals surface area contributed by atoms with Crippen molar-refractivity contribution in [3.63, 3.8) is 0 Å². The molecule has 156 valence electrons. The highest BCUT2D eigenvalue weighted by atomic mass is 16.3. The van der Waals surface area contributed by atoms with Gasteiger partial charge in [0.05, 0.1) is 12.1 Å². The van der Waals surface area contributed by atoms with Gasteiger partial charge in [-0.3, -0.25) is 14.4 Å². The average molecular weight is 385 g/mol. The van der Waals surface area contributed by atoms with E-state index in [1.807, 2.05) is 0 Å². The summed E-state index contributed by atoms with van der Waals surface area (Å²) >= 11 is 0. The van der Waals surface area contributed by atoms with Crippen LogP contribution >= 0.6 is 0 Å². The first-order valence-corrected chi connectivity index (χ1v) is 9.99. The molecular weight excluding hydrogens is 348 g/mol. The lowest BCUT2D eigenvalue weighted by atomic mass is 9.81. The Balaban J connectivity index is 2.74. The molecule has 0 aliphatic heterocycles. The predicted molar refractivity (Wildman–Crippen MR) is 104 cm³/mol. The SMILES string of the molecule is CC(=O)[C@H](CN)NC(=O)[C@@H](NC(=O)C(CCN)CC1CCCCC1)[C@H](C)O. The van der Waals surface area contributed by atoms with Crippen LogP contribution in [0.1, 0.15) is 58.8 Å². The van der Waals surface area contributed by atoms with Gasteiger partial charge in [-0.1, -0.05) is 32.1 Å². The van der Waals surface area contributed by atoms with E-state index < -0.39 is 24.1 Å². The number of ketones is 1. The monoisotopic (exact) mass is 384 g/mol. The number of Topliss-reactive ketones (excluding diaryl/α,β-unsaturated/α-hetero) is 1. The second kappa shape index (κ2) is 12.0. The number of nitrogens with two attached hydrogens (primary N) is 2. The van der Waals surface area contributed by atoms with E-state index in [-0.39, 0.29) is 24.2 Å². The molecule has 0 bridgehead atoms. The fourth-order valence-electron chi connectivity index (χ4n) is 3.65. The normalized spacial score (nSPS) is 19.6. The van der Waals surface area contributed by atoms with E-state index in [9.17, 15) is 19.5 Å². The summed E-state index contributed by atoms with van der Waals surface area (Å²) in [7, 11) is 0. The largest absolute Gasteiger partial charge is 0.391 e. The summed E-state index contributed by atoms with van der Waals surface area (Å²) in [6, 6.07) is -1.98. The Bertz CT molecular complexity index is 492. The predicted octanol–water partition coefficient (Wildman–Crippen LogP) is -0.180. The average Bonchev–Trinajstić information content (AvgIpc) is 2.63. The minimum absolute atomic E-state index is 0.0426. The molecule has 1 rings (SSSR count). The van der Waals surface area contributed by atoms with Crippen molar-refractivity contribution in [1.82, 2.24) is 10.6 Å². The summed E-state index contributed by atoms with van der Waals surface area (Å²) in [4.78, 5) is 36.7. The Kier molecular flexibility index (Phi) is 10.5. The van der Waals surface area contributed by atoms with Gasteiger partial charge >= 0.3 is 0 Å². The highest BCUT2D eigenvalue weighted by molar-refractivity contribution is 5.92. The molecule has 0 spiro atoms. The van der Waals surface area contributed by atoms with E-state index in [2.05, 4.69) is 10.6 Å². The molecule has 0 aromatic carbocycles. The number of carbonyl (C=O) groups is 3. The van der Waals surface area contributed by atoms with Gasteiger partial charge < -0.3 is 27.2 Å². The number of rotatable bonds is 11. The Morgan fingerprint density at radius 1 is 1.07 bits per heavy atom. The highest BCUT2D eigenvalue weighted by Crippen LogP contribution is 2.30. The van der Waals surface area contributed by atoms with Gasteiger partial charge in [0.25, 0.3) is 0 Å². The zero-order valence-electron chi connectivity index (χ0n) is 16.6. The number of aliphatic hydroxyl groups excluding tert-OH is 1. The first-order valence-electron chi connectivity index (χ1n) is 9.99. The van der Waals surface area contributed by atoms with Gasteiger partial charge in [0.15, 0.2) is 5.78 Å². The van der Waals surface area contributed by atoms with Crippen molar-refractivity contribution in [2.45, 2.75) is 77.0 Å². The Morgan fingerprint density at radius 3 is 2.19 bits per heavy atom. The minimum Gasteiger partial charge on any atom is -0.391 e. The second-order valence-electron chi connectivity index (χ2n) is 7.65. The van der Waals surface area contributed by atoms with Crippen LogP contribution < -0.4 is 22.1 Å². The third kappa shape index (κ3) is 7.94. The molecule has 0 heterocycles. The molecular formula is C19H36N4O4. The van der Waals surface area contributed by atoms with Crippen molar-refractivity contribution in [3.8, 4) is 0 Å². The molecule has 1 aliphatic rings. The van der Waals surface area contributed by atoms with Crippen molar-refractivity contribution >= 4 is 17.6 Å². The molecule has 7 N–H and O–H groups in total. The molecule has 0 radical (unpaired) electrons. The fraction of sp³-hybridized carbons (Fsp3) is 0.842. The lowest BCUT2D eigenvalue weighted by molar-refractivity contribution is -0.135. The molecule has 1 saturated carbocycles. The quantitative estimate of drug-likeness (QED) is 0.334. The van der Waals surface area contributed by atoms with Crippen molar-refractivity contribution < 1.29 is 19.5 Å². The van der Waals surface area contributed by atoms with E-state index in [0.717, 1.165) is 19.3 Å². The molecule has 1 aliphatic carbocycles. The zero-order valence-corrected chi connectivity index (χ0v) is 16.6. The maximum Gasteiger partial charge on any atom is 0.245 e. The van der Waals surface area contributed by atoms with Gasteiger partial charge in [0, 0.05) is 12.5 Å². The van der Waals surface area contributed by atoms with Gasteiger partial charge in [-0.25, -0.2) is 0 Å². The van der Waals surface area contributed by atoms with Crippen LogP contribution in [0.3, 0.4) is 0 Å². The Morgan fingerprint density at radius 2 is 1.70 bits per heavy atom. The number of amides is 2. The smallest absolute Gasteiger partial charge is 0.245 e. The molecule has 27 heavy (non-hydrogen) atoms. The van der Waals surface area contributed by atoms with E-state index >= 15 is 0 Å². The first-order chi connectivity index (χ1) is 12.8. The van der Waals surface area contributed by atoms with E-state index in [0.29, 0.717) is 18.9 Å². The van der Waals surface area contributed by atoms with Gasteiger partial charge in [-0.2, -0.15) is 0 Å². The highest BCUT2D eigenvalue weighted by Gasteiger charge is 2.31. The number of hydrogen-bond donors (Lipinski definition) is 5. The van der Waals surface area contributed by atoms with Crippen molar-refractivity contribution in [3.05, 3.63) is 0 Å². The first kappa shape index (κ1) is 23.5. The van der Waals surface area contributed by atoms with E-state index in [4.69, 9.17) is 11.5 Å². The minimum atomic E-state index is -1.14. The fourth-order valence-corrected chi connectivity index (χ4v) is 3.65. The molecule has 8 nitrogen and oxygen atoms in total. The van der Waals surface area contributed by atoms with Crippen LogP contribution in [0.4, 0.5) is 0 Å². The maximum atomic E-state index is 12.8. The standard InChI is InChI=1S/C19H36N4O4/c1-12(24)16(11-21)22-19(27)17(13(2)25)23-18(26)15(8-9-20)10-14-6-4-3-5-7-14/h13-17,25H,3-11,20-21H2,1-2H3,(H,22,27)(H,23,26)/t13-,15?,16-,17-/m0/s1. The van der Waals surface area contributed by atoms with E-state index in [1.54, 1.807) is 0 Å². The molecule has 0 aromatic rings. The molecule has 0 saturated heterocycles. The topological polar surface area (TPSA) is 148 Å². The molecule has 2 amide bonds. The molecule has 4 atom stereocenters. The molecule has 8 heteroatoms. The molecule has 0 aromatic heterocycles. The summed E-state index contributed by atoms with van der Waals surface area (Å²) in [6.45, 7) is 3.10. The maximum absolute atomic E-state index is 12.8. The van der Waals surface area contributed by atoms with Gasteiger partial charge in [-0.05, 0) is 39.2 Å². The number of aliphatic hydroxyl groups is 1. The van der Waals surface area contributed by atoms with Crippen LogP contribution in [0.2, 0.25) is 0 Å². The number of carbonyl (C=O) groups excluding carboxylic acids is 3. The van der Waals surface area contributed by atoms with Gasteiger partial charge in [-0.15, -0.1) is 0 Å². The van der Waals surface area contributed by atoms with Gasteiger partial charge in [0.2, 0.25) is 11.8 Å². The van der Waals surface area contributed by atoms with Crippen molar-refractivity contribution in [2.75, 3.05) is 13.1 Å². The van der Waals surface area contributed by atoms with E-state index in [1.165, 1.54) is 33.1 Å². The van der Waals surface area contributed by atoms with Crippen molar-refractivity contribution in [2.24, 2.45) is 23.3 Å². The Hall–Kier alpha value is -1.51. The third-order valence-electron chi connectivity index (χ3n) is 5.33. The molecule has 1 fully saturated rings. The second-order valence-corrected chi connectivity index (χ2v) is 7.65. The lowest BCUT2D eigenvalue weighted by Gasteiger charge is -2.28. The summed E-state index contributed by atoms with van der Waals surface area (Å²) in [5.41, 5.74) is 11.2. The number of hydrogen-bond acceptors (Lipinski definition) is 6. The zero-order chi connectivity index (χ0) is 20.4. The van der Waals surface area contributed by atoms with Crippen LogP contribution in [0.25, 0.3) is 0 Å². The van der Waals surface area contributed by atoms with Crippen LogP contribution in [-0.2, 0) is 14.4 Å². The van der Waals surface area contributed by atoms with Gasteiger partial charge in [0.1, 0.15) is 6.04 Å². The van der Waals surface area contributed by atoms with Crippen molar-refractivity contribution in [1.29, 1.82) is 0 Å². The summed E-state index contributed by atoms with van der Waals surface area (Å²) in [6.07, 6.45) is 6.03.